The van der Waals surface area contributed by atoms with Crippen molar-refractivity contribution < 1.29 is 17.7 Å². The summed E-state index contributed by atoms with van der Waals surface area (Å²) in [7, 11) is -3.26. The summed E-state index contributed by atoms with van der Waals surface area (Å²) < 4.78 is 30.1. The highest BCUT2D eigenvalue weighted by Gasteiger charge is 2.34. The van der Waals surface area contributed by atoms with E-state index in [0.29, 0.717) is 30.0 Å². The van der Waals surface area contributed by atoms with Gasteiger partial charge < -0.3 is 9.42 Å². The summed E-state index contributed by atoms with van der Waals surface area (Å²) in [5, 5.41) is 5.15. The van der Waals surface area contributed by atoms with E-state index in [1.54, 1.807) is 18.7 Å². The number of thiophene rings is 1. The number of sulfone groups is 1. The summed E-state index contributed by atoms with van der Waals surface area (Å²) in [6, 6.07) is 3.70. The van der Waals surface area contributed by atoms with Crippen molar-refractivity contribution in [2.75, 3.05) is 18.8 Å². The molecule has 2 aromatic heterocycles. The molecule has 1 unspecified atom stereocenters. The molecule has 0 spiro atoms. The molecule has 0 saturated carbocycles. The molecule has 0 N–H and O–H groups in total. The van der Waals surface area contributed by atoms with Crippen LogP contribution in [0.4, 0.5) is 0 Å². The number of aryl methyl sites for hydroxylation is 2. The second kappa shape index (κ2) is 6.09. The van der Waals surface area contributed by atoms with Crippen LogP contribution in [0.1, 0.15) is 38.4 Å². The highest BCUT2D eigenvalue weighted by molar-refractivity contribution is 7.91. The maximum absolute atomic E-state index is 12.7. The van der Waals surface area contributed by atoms with Gasteiger partial charge in [-0.15, -0.1) is 11.3 Å². The van der Waals surface area contributed by atoms with E-state index in [2.05, 4.69) is 5.16 Å². The number of hydrogen-bond donors (Lipinski definition) is 0. The van der Waals surface area contributed by atoms with Gasteiger partial charge >= 0.3 is 0 Å². The van der Waals surface area contributed by atoms with E-state index in [4.69, 9.17) is 4.52 Å². The van der Waals surface area contributed by atoms with Crippen LogP contribution in [-0.4, -0.2) is 43.2 Å². The number of carbonyl (C=O) groups excluding carboxylic acids is 1. The molecule has 1 aliphatic rings. The monoisotopic (exact) mass is 354 g/mol. The minimum absolute atomic E-state index is 0.0231. The largest absolute Gasteiger partial charge is 0.361 e. The third-order valence-corrected chi connectivity index (χ3v) is 7.38. The Balaban J connectivity index is 1.85. The number of carbonyl (C=O) groups is 1. The second-order valence-electron chi connectivity index (χ2n) is 5.65. The molecule has 1 amide bonds. The molecule has 0 aromatic carbocycles. The Bertz CT molecular complexity index is 789. The van der Waals surface area contributed by atoms with Gasteiger partial charge in [-0.3, -0.25) is 4.79 Å². The van der Waals surface area contributed by atoms with Gasteiger partial charge in [0.15, 0.2) is 9.84 Å². The van der Waals surface area contributed by atoms with Crippen LogP contribution < -0.4 is 0 Å². The molecule has 1 aliphatic heterocycles. The van der Waals surface area contributed by atoms with Crippen molar-refractivity contribution in [3.63, 3.8) is 0 Å². The Morgan fingerprint density at radius 1 is 1.39 bits per heavy atom. The topological polar surface area (TPSA) is 80.5 Å². The van der Waals surface area contributed by atoms with Gasteiger partial charge in [-0.05, 0) is 31.7 Å². The molecule has 1 saturated heterocycles. The zero-order valence-corrected chi connectivity index (χ0v) is 14.6. The Labute approximate surface area is 139 Å². The number of aromatic nitrogens is 1. The van der Waals surface area contributed by atoms with Gasteiger partial charge in [0.05, 0.1) is 16.7 Å². The average molecular weight is 354 g/mol. The van der Waals surface area contributed by atoms with Crippen molar-refractivity contribution in [1.82, 2.24) is 10.1 Å². The van der Waals surface area contributed by atoms with E-state index in [0.717, 1.165) is 4.88 Å². The van der Waals surface area contributed by atoms with Crippen LogP contribution in [0.15, 0.2) is 22.0 Å². The van der Waals surface area contributed by atoms with Crippen molar-refractivity contribution in [3.8, 4) is 0 Å². The van der Waals surface area contributed by atoms with Crippen molar-refractivity contribution in [3.05, 3.63) is 39.4 Å². The van der Waals surface area contributed by atoms with Crippen molar-refractivity contribution in [2.45, 2.75) is 25.5 Å². The quantitative estimate of drug-likeness (QED) is 0.827. The maximum Gasteiger partial charge on any atom is 0.259 e. The fourth-order valence-electron chi connectivity index (χ4n) is 2.89. The summed E-state index contributed by atoms with van der Waals surface area (Å²) in [5.41, 5.74) is 0.978. The highest BCUT2D eigenvalue weighted by Crippen LogP contribution is 2.32. The molecular formula is C15H18N2O4S2. The van der Waals surface area contributed by atoms with Gasteiger partial charge in [-0.2, -0.15) is 0 Å². The third kappa shape index (κ3) is 3.05. The molecule has 3 rings (SSSR count). The number of amides is 1. The predicted octanol–water partition coefficient (Wildman–Crippen LogP) is 2.35. The molecule has 8 heteroatoms. The Morgan fingerprint density at radius 3 is 2.78 bits per heavy atom. The van der Waals surface area contributed by atoms with Gasteiger partial charge in [0.2, 0.25) is 0 Å². The molecule has 0 bridgehead atoms. The second-order valence-corrected chi connectivity index (χ2v) is 8.93. The molecule has 1 fully saturated rings. The summed E-state index contributed by atoms with van der Waals surface area (Å²) in [6.45, 7) is 4.01. The Hall–Kier alpha value is -1.67. The predicted molar refractivity (Wildman–Crippen MR) is 87.3 cm³/mol. The minimum Gasteiger partial charge on any atom is -0.361 e. The molecule has 1 atom stereocenters. The first-order valence-corrected chi connectivity index (χ1v) is 9.97. The molecule has 124 valence electrons. The SMILES string of the molecule is Cc1noc(C)c1C(=O)N1CCC(c2cccs2)S(=O)(=O)CC1. The van der Waals surface area contributed by atoms with E-state index in [1.807, 2.05) is 17.5 Å². The van der Waals surface area contributed by atoms with Crippen molar-refractivity contribution in [2.24, 2.45) is 0 Å². The van der Waals surface area contributed by atoms with Crippen LogP contribution in [0, 0.1) is 13.8 Å². The van der Waals surface area contributed by atoms with E-state index in [9.17, 15) is 13.2 Å². The summed E-state index contributed by atoms with van der Waals surface area (Å²) in [5.74, 6) is 0.239. The van der Waals surface area contributed by atoms with Gasteiger partial charge in [0.1, 0.15) is 11.3 Å². The smallest absolute Gasteiger partial charge is 0.259 e. The first-order valence-electron chi connectivity index (χ1n) is 7.37. The lowest BCUT2D eigenvalue weighted by atomic mass is 10.1. The van der Waals surface area contributed by atoms with Crippen LogP contribution in [-0.2, 0) is 9.84 Å². The lowest BCUT2D eigenvalue weighted by molar-refractivity contribution is 0.0764. The molecular weight excluding hydrogens is 336 g/mol. The van der Waals surface area contributed by atoms with E-state index in [1.165, 1.54) is 11.3 Å². The van der Waals surface area contributed by atoms with Crippen LogP contribution in [0.2, 0.25) is 0 Å². The van der Waals surface area contributed by atoms with Crippen LogP contribution in [0.3, 0.4) is 0 Å². The average Bonchev–Trinajstić information content (AvgIpc) is 3.08. The Morgan fingerprint density at radius 2 is 2.17 bits per heavy atom. The Kier molecular flexibility index (Phi) is 4.29. The van der Waals surface area contributed by atoms with Crippen LogP contribution in [0.25, 0.3) is 0 Å². The van der Waals surface area contributed by atoms with E-state index >= 15 is 0 Å². The molecule has 3 heterocycles. The number of nitrogens with zero attached hydrogens (tertiary/aromatic N) is 2. The third-order valence-electron chi connectivity index (χ3n) is 4.14. The van der Waals surface area contributed by atoms with Crippen molar-refractivity contribution in [1.29, 1.82) is 0 Å². The standard InChI is InChI=1S/C15H18N2O4S2/c1-10-14(11(2)21-16-10)15(18)17-6-5-13(12-4-3-8-22-12)23(19,20)9-7-17/h3-4,8,13H,5-7,9H2,1-2H3. The molecule has 23 heavy (non-hydrogen) atoms. The summed E-state index contributed by atoms with van der Waals surface area (Å²) in [6.07, 6.45) is 0.415. The molecule has 0 radical (unpaired) electrons. The van der Waals surface area contributed by atoms with Gasteiger partial charge in [0.25, 0.3) is 5.91 Å². The lowest BCUT2D eigenvalue weighted by Crippen LogP contribution is -2.34. The van der Waals surface area contributed by atoms with Crippen LogP contribution >= 0.6 is 11.3 Å². The normalized spacial score (nSPS) is 21.1. The number of rotatable bonds is 2. The van der Waals surface area contributed by atoms with Gasteiger partial charge in [0, 0.05) is 18.0 Å². The van der Waals surface area contributed by atoms with Gasteiger partial charge in [-0.25, -0.2) is 8.42 Å². The van der Waals surface area contributed by atoms with E-state index < -0.39 is 15.1 Å². The van der Waals surface area contributed by atoms with Crippen LogP contribution in [0.5, 0.6) is 0 Å². The summed E-state index contributed by atoms with van der Waals surface area (Å²) in [4.78, 5) is 15.1. The number of hydrogen-bond acceptors (Lipinski definition) is 6. The molecule has 0 aliphatic carbocycles. The first kappa shape index (κ1) is 16.2. The zero-order chi connectivity index (χ0) is 16.6. The first-order chi connectivity index (χ1) is 10.9. The minimum atomic E-state index is -3.26. The fourth-order valence-corrected chi connectivity index (χ4v) is 5.89. The maximum atomic E-state index is 12.7. The highest BCUT2D eigenvalue weighted by atomic mass is 32.2. The lowest BCUT2D eigenvalue weighted by Gasteiger charge is -2.19. The van der Waals surface area contributed by atoms with E-state index in [-0.39, 0.29) is 18.2 Å². The molecule has 6 nitrogen and oxygen atoms in total. The zero-order valence-electron chi connectivity index (χ0n) is 13.0. The summed E-state index contributed by atoms with van der Waals surface area (Å²) >= 11 is 1.45. The van der Waals surface area contributed by atoms with Gasteiger partial charge in [-0.1, -0.05) is 11.2 Å². The molecule has 2 aromatic rings. The fraction of sp³-hybridized carbons (Fsp3) is 0.467. The van der Waals surface area contributed by atoms with Crippen molar-refractivity contribution >= 4 is 27.1 Å².